The van der Waals surface area contributed by atoms with E-state index in [4.69, 9.17) is 14.0 Å². The summed E-state index contributed by atoms with van der Waals surface area (Å²) in [6.45, 7) is 3.78. The Labute approximate surface area is 275 Å². The van der Waals surface area contributed by atoms with Crippen molar-refractivity contribution in [1.82, 2.24) is 0 Å². The summed E-state index contributed by atoms with van der Waals surface area (Å²) in [7, 11) is -3.21. The van der Waals surface area contributed by atoms with Crippen molar-refractivity contribution in [1.29, 1.82) is 0 Å². The van der Waals surface area contributed by atoms with E-state index in [0.29, 0.717) is 6.42 Å². The maximum absolute atomic E-state index is 12.4. The number of phosphoric ester groups is 1. The number of allylic oxidation sites excluding steroid dienone is 6. The Morgan fingerprint density at radius 1 is 0.622 bits per heavy atom. The molecule has 262 valence electrons. The smallest absolute Gasteiger partial charge is 0.462 e. The van der Waals surface area contributed by atoms with E-state index in [1.54, 1.807) is 0 Å². The molecule has 0 bridgehead atoms. The SMILES string of the molecule is CCCC/C=C\C/C=C\CCCCCCCC(=O)OC(COC(=O)CCCCCCC/C=C\CCCCC)COP(=O)(O)OC. The largest absolute Gasteiger partial charge is 0.472 e. The topological polar surface area (TPSA) is 108 Å². The van der Waals surface area contributed by atoms with Crippen LogP contribution in [0.2, 0.25) is 0 Å². The molecule has 45 heavy (non-hydrogen) atoms. The third kappa shape index (κ3) is 32.0. The molecular weight excluding hydrogens is 591 g/mol. The Kier molecular flexibility index (Phi) is 31.0. The predicted molar refractivity (Wildman–Crippen MR) is 184 cm³/mol. The molecule has 0 aliphatic heterocycles. The molecule has 9 heteroatoms. The second-order valence-electron chi connectivity index (χ2n) is 11.6. The number of esters is 2. The second-order valence-corrected chi connectivity index (χ2v) is 13.2. The summed E-state index contributed by atoms with van der Waals surface area (Å²) in [5.74, 6) is -0.834. The normalized spacial score (nSPS) is 14.0. The van der Waals surface area contributed by atoms with Gasteiger partial charge in [-0.25, -0.2) is 4.57 Å². The lowest BCUT2D eigenvalue weighted by atomic mass is 10.1. The number of ether oxygens (including phenoxy) is 2. The molecule has 0 aromatic heterocycles. The lowest BCUT2D eigenvalue weighted by Crippen LogP contribution is -2.29. The average Bonchev–Trinajstić information content (AvgIpc) is 3.03. The molecule has 0 aliphatic carbocycles. The summed E-state index contributed by atoms with van der Waals surface area (Å²) in [6, 6.07) is 0. The van der Waals surface area contributed by atoms with E-state index in [2.05, 4.69) is 54.8 Å². The van der Waals surface area contributed by atoms with Crippen molar-refractivity contribution in [2.24, 2.45) is 0 Å². The zero-order chi connectivity index (χ0) is 33.3. The van der Waals surface area contributed by atoms with Crippen molar-refractivity contribution >= 4 is 19.8 Å². The Balaban J connectivity index is 4.14. The van der Waals surface area contributed by atoms with Gasteiger partial charge in [0.05, 0.1) is 6.61 Å². The molecular formula is C36H65O8P. The quantitative estimate of drug-likeness (QED) is 0.0330. The van der Waals surface area contributed by atoms with Crippen molar-refractivity contribution in [2.75, 3.05) is 20.3 Å². The van der Waals surface area contributed by atoms with Gasteiger partial charge in [-0.15, -0.1) is 0 Å². The number of unbranched alkanes of at least 4 members (excludes halogenated alkanes) is 15. The highest BCUT2D eigenvalue weighted by atomic mass is 31.2. The van der Waals surface area contributed by atoms with Gasteiger partial charge in [-0.2, -0.15) is 0 Å². The summed E-state index contributed by atoms with van der Waals surface area (Å²) in [6.07, 6.45) is 34.8. The molecule has 0 aromatic rings. The van der Waals surface area contributed by atoms with Crippen LogP contribution in [0.1, 0.15) is 155 Å². The Morgan fingerprint density at radius 2 is 1.09 bits per heavy atom. The van der Waals surface area contributed by atoms with Crippen molar-refractivity contribution in [2.45, 2.75) is 161 Å². The summed E-state index contributed by atoms with van der Waals surface area (Å²) in [5, 5.41) is 0. The lowest BCUT2D eigenvalue weighted by molar-refractivity contribution is -0.161. The van der Waals surface area contributed by atoms with Gasteiger partial charge < -0.3 is 14.4 Å². The maximum atomic E-state index is 12.4. The van der Waals surface area contributed by atoms with Crippen LogP contribution in [0.25, 0.3) is 0 Å². The molecule has 8 nitrogen and oxygen atoms in total. The molecule has 0 fully saturated rings. The molecule has 0 aromatic carbocycles. The third-order valence-corrected chi connectivity index (χ3v) is 8.29. The first-order valence-corrected chi connectivity index (χ1v) is 19.2. The number of hydrogen-bond donors (Lipinski definition) is 1. The monoisotopic (exact) mass is 656 g/mol. The van der Waals surface area contributed by atoms with Crippen LogP contribution in [0.5, 0.6) is 0 Å². The average molecular weight is 657 g/mol. The van der Waals surface area contributed by atoms with Gasteiger partial charge in [0.25, 0.3) is 0 Å². The summed E-state index contributed by atoms with van der Waals surface area (Å²) < 4.78 is 31.8. The summed E-state index contributed by atoms with van der Waals surface area (Å²) >= 11 is 0. The van der Waals surface area contributed by atoms with Gasteiger partial charge in [0, 0.05) is 20.0 Å². The number of rotatable bonds is 32. The minimum atomic E-state index is -4.26. The van der Waals surface area contributed by atoms with Crippen LogP contribution >= 0.6 is 7.82 Å². The number of carbonyl (C=O) groups excluding carboxylic acids is 2. The van der Waals surface area contributed by atoms with Crippen LogP contribution in [0, 0.1) is 0 Å². The van der Waals surface area contributed by atoms with E-state index in [1.165, 1.54) is 38.5 Å². The molecule has 0 radical (unpaired) electrons. The zero-order valence-electron chi connectivity index (χ0n) is 28.8. The van der Waals surface area contributed by atoms with Gasteiger partial charge in [-0.1, -0.05) is 115 Å². The molecule has 0 saturated heterocycles. The number of hydrogen-bond acceptors (Lipinski definition) is 7. The Bertz CT molecular complexity index is 839. The minimum Gasteiger partial charge on any atom is -0.462 e. The zero-order valence-corrected chi connectivity index (χ0v) is 29.7. The highest BCUT2D eigenvalue weighted by molar-refractivity contribution is 7.47. The van der Waals surface area contributed by atoms with Gasteiger partial charge in [0.2, 0.25) is 0 Å². The van der Waals surface area contributed by atoms with Gasteiger partial charge in [0.15, 0.2) is 6.10 Å². The second kappa shape index (κ2) is 32.2. The molecule has 0 spiro atoms. The molecule has 0 rings (SSSR count). The van der Waals surface area contributed by atoms with Crippen LogP contribution in [0.4, 0.5) is 0 Å². The third-order valence-electron chi connectivity index (χ3n) is 7.36. The molecule has 1 N–H and O–H groups in total. The number of phosphoric acid groups is 1. The highest BCUT2D eigenvalue weighted by Crippen LogP contribution is 2.42. The van der Waals surface area contributed by atoms with Crippen molar-refractivity contribution < 1.29 is 37.6 Å². The summed E-state index contributed by atoms with van der Waals surface area (Å²) in [5.41, 5.74) is 0. The molecule has 2 unspecified atom stereocenters. The van der Waals surface area contributed by atoms with Crippen molar-refractivity contribution in [3.05, 3.63) is 36.5 Å². The van der Waals surface area contributed by atoms with E-state index in [1.807, 2.05) is 0 Å². The van der Waals surface area contributed by atoms with E-state index in [9.17, 15) is 19.0 Å². The van der Waals surface area contributed by atoms with Gasteiger partial charge in [-0.05, 0) is 64.2 Å². The van der Waals surface area contributed by atoms with Crippen LogP contribution in [-0.2, 0) is 32.7 Å². The summed E-state index contributed by atoms with van der Waals surface area (Å²) in [4.78, 5) is 34.2. The molecule has 0 amide bonds. The molecule has 0 heterocycles. The first-order chi connectivity index (χ1) is 21.8. The Morgan fingerprint density at radius 3 is 1.64 bits per heavy atom. The van der Waals surface area contributed by atoms with Crippen LogP contribution < -0.4 is 0 Å². The van der Waals surface area contributed by atoms with Gasteiger partial charge in [0.1, 0.15) is 6.61 Å². The molecule has 2 atom stereocenters. The molecule has 0 saturated carbocycles. The molecule has 0 aliphatic rings. The van der Waals surface area contributed by atoms with Crippen LogP contribution in [-0.4, -0.2) is 43.3 Å². The number of carbonyl (C=O) groups is 2. The van der Waals surface area contributed by atoms with E-state index in [0.717, 1.165) is 90.6 Å². The predicted octanol–water partition coefficient (Wildman–Crippen LogP) is 10.5. The fraction of sp³-hybridized carbons (Fsp3) is 0.778. The minimum absolute atomic E-state index is 0.227. The highest BCUT2D eigenvalue weighted by Gasteiger charge is 2.24. The standard InChI is InChI=1S/C36H65O8P/c1-4-6-8-10-12-14-16-18-19-21-23-25-27-29-31-36(38)44-34(33-43-45(39,40)41-3)32-42-35(37)30-28-26-24-22-20-17-15-13-11-9-7-5-2/h10,12-13,15-16,18,34H,4-9,11,14,17,19-33H2,1-3H3,(H,39,40)/b12-10-,15-13-,18-16-. The fourth-order valence-corrected chi connectivity index (χ4v) is 5.01. The van der Waals surface area contributed by atoms with E-state index in [-0.39, 0.29) is 25.4 Å². The first kappa shape index (κ1) is 43.3. The van der Waals surface area contributed by atoms with E-state index < -0.39 is 26.5 Å². The van der Waals surface area contributed by atoms with Crippen LogP contribution in [0.3, 0.4) is 0 Å². The van der Waals surface area contributed by atoms with Gasteiger partial charge >= 0.3 is 19.8 Å². The van der Waals surface area contributed by atoms with Gasteiger partial charge in [-0.3, -0.25) is 18.6 Å². The van der Waals surface area contributed by atoms with Crippen LogP contribution in [0.15, 0.2) is 36.5 Å². The van der Waals surface area contributed by atoms with Crippen molar-refractivity contribution in [3.8, 4) is 0 Å². The lowest BCUT2D eigenvalue weighted by Gasteiger charge is -2.19. The fourth-order valence-electron chi connectivity index (χ4n) is 4.55. The Hall–Kier alpha value is -1.73. The first-order valence-electron chi connectivity index (χ1n) is 17.7. The maximum Gasteiger partial charge on any atom is 0.472 e. The van der Waals surface area contributed by atoms with E-state index >= 15 is 0 Å². The van der Waals surface area contributed by atoms with Crippen molar-refractivity contribution in [3.63, 3.8) is 0 Å².